The van der Waals surface area contributed by atoms with E-state index in [0.29, 0.717) is 19.3 Å². The van der Waals surface area contributed by atoms with Crippen molar-refractivity contribution in [3.05, 3.63) is 0 Å². The van der Waals surface area contributed by atoms with E-state index in [9.17, 15) is 9.90 Å². The standard InChI is InChI=1S/C23H46NO5P/c1-6-20(16-25)19(2)15-22(27-5)17-29-30(24-21-11-8-7-9-12-21)28-14-10-13-23(3,4)18-26/h16,19-22,24,26H,6-15,17-18H2,1-5H3. The van der Waals surface area contributed by atoms with Crippen LogP contribution >= 0.6 is 8.53 Å². The first kappa shape index (κ1) is 27.9. The van der Waals surface area contributed by atoms with Crippen LogP contribution in [0.15, 0.2) is 0 Å². The summed E-state index contributed by atoms with van der Waals surface area (Å²) in [5, 5.41) is 13.0. The number of aldehydes is 1. The van der Waals surface area contributed by atoms with Crippen LogP contribution in [0.5, 0.6) is 0 Å². The van der Waals surface area contributed by atoms with Crippen LogP contribution in [0.2, 0.25) is 0 Å². The second kappa shape index (κ2) is 15.7. The van der Waals surface area contributed by atoms with Crippen LogP contribution in [-0.2, 0) is 18.6 Å². The molecule has 0 aromatic heterocycles. The van der Waals surface area contributed by atoms with Crippen molar-refractivity contribution in [2.24, 2.45) is 17.3 Å². The summed E-state index contributed by atoms with van der Waals surface area (Å²) in [6.07, 6.45) is 10.6. The van der Waals surface area contributed by atoms with Gasteiger partial charge in [-0.2, -0.15) is 0 Å². The minimum atomic E-state index is -1.18. The van der Waals surface area contributed by atoms with E-state index in [1.165, 1.54) is 32.1 Å². The number of aliphatic hydroxyl groups excluding tert-OH is 1. The van der Waals surface area contributed by atoms with Crippen molar-refractivity contribution < 1.29 is 23.7 Å². The molecule has 0 saturated heterocycles. The number of hydrogen-bond acceptors (Lipinski definition) is 6. The molecular weight excluding hydrogens is 401 g/mol. The van der Waals surface area contributed by atoms with Gasteiger partial charge in [0.2, 0.25) is 0 Å². The van der Waals surface area contributed by atoms with Gasteiger partial charge in [0, 0.05) is 25.7 Å². The van der Waals surface area contributed by atoms with Gasteiger partial charge in [0.15, 0.2) is 0 Å². The third kappa shape index (κ3) is 11.5. The van der Waals surface area contributed by atoms with Crippen molar-refractivity contribution in [2.45, 2.75) is 97.6 Å². The van der Waals surface area contributed by atoms with E-state index < -0.39 is 8.53 Å². The highest BCUT2D eigenvalue weighted by atomic mass is 31.2. The van der Waals surface area contributed by atoms with E-state index in [4.69, 9.17) is 13.8 Å². The molecule has 6 nitrogen and oxygen atoms in total. The molecule has 0 aromatic rings. The summed E-state index contributed by atoms with van der Waals surface area (Å²) >= 11 is 0. The molecule has 178 valence electrons. The molecule has 7 heteroatoms. The molecule has 0 spiro atoms. The molecule has 0 aliphatic heterocycles. The van der Waals surface area contributed by atoms with Crippen LogP contribution in [0.4, 0.5) is 0 Å². The number of carbonyl (C=O) groups is 1. The Morgan fingerprint density at radius 3 is 2.50 bits per heavy atom. The lowest BCUT2D eigenvalue weighted by molar-refractivity contribution is -0.113. The molecule has 1 aliphatic rings. The van der Waals surface area contributed by atoms with Gasteiger partial charge in [-0.25, -0.2) is 5.09 Å². The lowest BCUT2D eigenvalue weighted by atomic mass is 9.88. The van der Waals surface area contributed by atoms with Crippen LogP contribution in [0.25, 0.3) is 0 Å². The molecule has 1 saturated carbocycles. The van der Waals surface area contributed by atoms with Gasteiger partial charge in [0.05, 0.1) is 19.3 Å². The van der Waals surface area contributed by atoms with Gasteiger partial charge in [0.25, 0.3) is 8.53 Å². The maximum atomic E-state index is 11.3. The Balaban J connectivity index is 2.53. The summed E-state index contributed by atoms with van der Waals surface area (Å²) in [5.41, 5.74) is -0.0740. The molecule has 0 radical (unpaired) electrons. The Hall–Kier alpha value is -0.100. The first-order valence-corrected chi connectivity index (χ1v) is 12.9. The van der Waals surface area contributed by atoms with E-state index in [1.807, 2.05) is 6.92 Å². The molecule has 30 heavy (non-hydrogen) atoms. The predicted octanol–water partition coefficient (Wildman–Crippen LogP) is 5.23. The van der Waals surface area contributed by atoms with Crippen LogP contribution in [0, 0.1) is 17.3 Å². The number of methoxy groups -OCH3 is 1. The maximum absolute atomic E-state index is 11.3. The fourth-order valence-electron chi connectivity index (χ4n) is 3.88. The lowest BCUT2D eigenvalue weighted by Gasteiger charge is -2.29. The largest absolute Gasteiger partial charge is 0.396 e. The number of rotatable bonds is 17. The van der Waals surface area contributed by atoms with Crippen molar-refractivity contribution in [3.63, 3.8) is 0 Å². The SMILES string of the molecule is CCC(C=O)C(C)CC(COP(NC1CCCCC1)OCCCC(C)(C)CO)OC. The van der Waals surface area contributed by atoms with E-state index in [-0.39, 0.29) is 30.0 Å². The van der Waals surface area contributed by atoms with Crippen LogP contribution in [0.1, 0.15) is 85.5 Å². The van der Waals surface area contributed by atoms with Gasteiger partial charge < -0.3 is 23.7 Å². The zero-order valence-electron chi connectivity index (χ0n) is 19.9. The van der Waals surface area contributed by atoms with Crippen molar-refractivity contribution in [2.75, 3.05) is 26.9 Å². The summed E-state index contributed by atoms with van der Waals surface area (Å²) in [7, 11) is 0.523. The summed E-state index contributed by atoms with van der Waals surface area (Å²) in [6, 6.07) is 0.457. The number of carbonyl (C=O) groups excluding carboxylic acids is 1. The topological polar surface area (TPSA) is 77.0 Å². The van der Waals surface area contributed by atoms with E-state index >= 15 is 0 Å². The molecule has 1 rings (SSSR count). The molecule has 0 aromatic carbocycles. The van der Waals surface area contributed by atoms with Crippen molar-refractivity contribution in [3.8, 4) is 0 Å². The van der Waals surface area contributed by atoms with E-state index in [1.54, 1.807) is 7.11 Å². The number of hydrogen-bond donors (Lipinski definition) is 2. The van der Waals surface area contributed by atoms with Crippen LogP contribution in [0.3, 0.4) is 0 Å². The average Bonchev–Trinajstić information content (AvgIpc) is 2.75. The second-order valence-corrected chi connectivity index (χ2v) is 10.8. The highest BCUT2D eigenvalue weighted by molar-refractivity contribution is 7.45. The van der Waals surface area contributed by atoms with Gasteiger partial charge in [-0.3, -0.25) is 0 Å². The molecule has 0 bridgehead atoms. The summed E-state index contributed by atoms with van der Waals surface area (Å²) < 4.78 is 17.9. The second-order valence-electron chi connectivity index (χ2n) is 9.55. The lowest BCUT2D eigenvalue weighted by Crippen LogP contribution is -2.30. The molecule has 1 fully saturated rings. The Morgan fingerprint density at radius 2 is 1.93 bits per heavy atom. The first-order chi connectivity index (χ1) is 14.3. The molecule has 0 heterocycles. The smallest absolute Gasteiger partial charge is 0.256 e. The zero-order valence-corrected chi connectivity index (χ0v) is 20.8. The van der Waals surface area contributed by atoms with Gasteiger partial charge in [-0.15, -0.1) is 0 Å². The minimum absolute atomic E-state index is 0.0518. The fourth-order valence-corrected chi connectivity index (χ4v) is 5.25. The number of nitrogens with one attached hydrogen (secondary N) is 1. The average molecular weight is 448 g/mol. The van der Waals surface area contributed by atoms with Gasteiger partial charge in [-0.1, -0.05) is 47.0 Å². The molecule has 1 aliphatic carbocycles. The normalized spacial score (nSPS) is 19.9. The Morgan fingerprint density at radius 1 is 1.23 bits per heavy atom. The minimum Gasteiger partial charge on any atom is -0.396 e. The Labute approximate surface area is 185 Å². The fraction of sp³-hybridized carbons (Fsp3) is 0.957. The third-order valence-electron chi connectivity index (χ3n) is 6.25. The van der Waals surface area contributed by atoms with Crippen molar-refractivity contribution in [1.29, 1.82) is 0 Å². The Kier molecular flexibility index (Phi) is 14.6. The highest BCUT2D eigenvalue weighted by Crippen LogP contribution is 2.38. The van der Waals surface area contributed by atoms with Crippen molar-refractivity contribution >= 4 is 14.8 Å². The number of aliphatic hydroxyl groups is 1. The third-order valence-corrected chi connectivity index (χ3v) is 7.63. The number of ether oxygens (including phenoxy) is 1. The summed E-state index contributed by atoms with van der Waals surface area (Å²) in [4.78, 5) is 11.3. The molecular formula is C23H46NO5P. The predicted molar refractivity (Wildman–Crippen MR) is 123 cm³/mol. The first-order valence-electron chi connectivity index (χ1n) is 11.8. The van der Waals surface area contributed by atoms with Gasteiger partial charge in [-0.05, 0) is 49.9 Å². The van der Waals surface area contributed by atoms with Crippen LogP contribution in [-0.4, -0.2) is 50.5 Å². The highest BCUT2D eigenvalue weighted by Gasteiger charge is 2.24. The van der Waals surface area contributed by atoms with Gasteiger partial charge in [0.1, 0.15) is 6.29 Å². The quantitative estimate of drug-likeness (QED) is 0.181. The van der Waals surface area contributed by atoms with E-state index in [0.717, 1.165) is 32.0 Å². The van der Waals surface area contributed by atoms with E-state index in [2.05, 4.69) is 25.9 Å². The molecule has 4 atom stereocenters. The summed E-state index contributed by atoms with van der Waals surface area (Å²) in [5.74, 6) is 0.330. The zero-order chi connectivity index (χ0) is 22.4. The molecule has 4 unspecified atom stereocenters. The van der Waals surface area contributed by atoms with Crippen LogP contribution < -0.4 is 5.09 Å². The molecule has 0 amide bonds. The van der Waals surface area contributed by atoms with Gasteiger partial charge >= 0.3 is 0 Å². The molecule has 2 N–H and O–H groups in total. The van der Waals surface area contributed by atoms with Crippen molar-refractivity contribution in [1.82, 2.24) is 5.09 Å². The monoisotopic (exact) mass is 447 g/mol. The maximum Gasteiger partial charge on any atom is 0.256 e. The Bertz CT molecular complexity index is 445. The summed E-state index contributed by atoms with van der Waals surface area (Å²) in [6.45, 7) is 9.56.